The molecule has 3 rings (SSSR count). The second-order valence-corrected chi connectivity index (χ2v) is 5.81. The van der Waals surface area contributed by atoms with Crippen LogP contribution in [0.3, 0.4) is 0 Å². The number of halogens is 2. The summed E-state index contributed by atoms with van der Waals surface area (Å²) in [4.78, 5) is 0. The molecule has 1 aromatic heterocycles. The molecule has 0 spiro atoms. The number of nitrogens with zero attached hydrogens (tertiary/aromatic N) is 2. The van der Waals surface area contributed by atoms with Gasteiger partial charge in [-0.3, -0.25) is 0 Å². The Morgan fingerprint density at radius 3 is 2.76 bits per heavy atom. The molecule has 0 saturated carbocycles. The molecule has 0 atom stereocenters. The van der Waals surface area contributed by atoms with Crippen LogP contribution in [0.5, 0.6) is 0 Å². The Bertz CT molecular complexity index is 634. The highest BCUT2D eigenvalue weighted by Gasteiger charge is 2.22. The van der Waals surface area contributed by atoms with Gasteiger partial charge in [0, 0.05) is 35.2 Å². The van der Waals surface area contributed by atoms with Crippen LogP contribution < -0.4 is 5.32 Å². The molecule has 0 bridgehead atoms. The van der Waals surface area contributed by atoms with Gasteiger partial charge in [0.2, 0.25) is 0 Å². The summed E-state index contributed by atoms with van der Waals surface area (Å²) in [6.45, 7) is 4.35. The molecule has 21 heavy (non-hydrogen) atoms. The SMILES string of the molecule is CCOCCc1nn(-c2cc(Cl)cc(Cl)c2)c2c1CCN2. The average molecular weight is 326 g/mol. The van der Waals surface area contributed by atoms with E-state index in [9.17, 15) is 0 Å². The van der Waals surface area contributed by atoms with Crippen LogP contribution in [0.1, 0.15) is 18.2 Å². The summed E-state index contributed by atoms with van der Waals surface area (Å²) in [5.74, 6) is 1.04. The summed E-state index contributed by atoms with van der Waals surface area (Å²) in [5, 5.41) is 9.32. The molecular formula is C15H17Cl2N3O. The van der Waals surface area contributed by atoms with Crippen LogP contribution in [0, 0.1) is 0 Å². The third-order valence-corrected chi connectivity index (χ3v) is 3.95. The number of rotatable bonds is 5. The molecule has 0 aliphatic carbocycles. The number of anilines is 1. The van der Waals surface area contributed by atoms with Crippen LogP contribution in [-0.4, -0.2) is 29.5 Å². The maximum absolute atomic E-state index is 6.09. The first-order chi connectivity index (χ1) is 10.2. The molecule has 1 aromatic carbocycles. The van der Waals surface area contributed by atoms with Gasteiger partial charge in [-0.25, -0.2) is 4.68 Å². The monoisotopic (exact) mass is 325 g/mol. The van der Waals surface area contributed by atoms with Gasteiger partial charge in [0.05, 0.1) is 18.0 Å². The van der Waals surface area contributed by atoms with Crippen molar-refractivity contribution in [3.8, 4) is 5.69 Å². The first-order valence-corrected chi connectivity index (χ1v) is 7.83. The Morgan fingerprint density at radius 1 is 1.29 bits per heavy atom. The summed E-state index contributed by atoms with van der Waals surface area (Å²) < 4.78 is 7.33. The first kappa shape index (κ1) is 14.7. The molecule has 1 aliphatic heterocycles. The van der Waals surface area contributed by atoms with E-state index in [0.29, 0.717) is 16.7 Å². The van der Waals surface area contributed by atoms with Crippen LogP contribution >= 0.6 is 23.2 Å². The molecule has 0 saturated heterocycles. The largest absolute Gasteiger partial charge is 0.381 e. The van der Waals surface area contributed by atoms with Crippen LogP contribution in [0.2, 0.25) is 10.0 Å². The van der Waals surface area contributed by atoms with E-state index in [2.05, 4.69) is 5.32 Å². The van der Waals surface area contributed by atoms with Gasteiger partial charge < -0.3 is 10.1 Å². The maximum Gasteiger partial charge on any atom is 0.133 e. The lowest BCUT2D eigenvalue weighted by molar-refractivity contribution is 0.150. The zero-order valence-corrected chi connectivity index (χ0v) is 13.3. The lowest BCUT2D eigenvalue weighted by Gasteiger charge is -2.07. The Kier molecular flexibility index (Phi) is 4.38. The molecule has 112 valence electrons. The van der Waals surface area contributed by atoms with Gasteiger partial charge in [0.25, 0.3) is 0 Å². The number of hydrogen-bond donors (Lipinski definition) is 1. The molecule has 4 nitrogen and oxygen atoms in total. The molecule has 0 fully saturated rings. The number of hydrogen-bond acceptors (Lipinski definition) is 3. The van der Waals surface area contributed by atoms with Gasteiger partial charge in [0.15, 0.2) is 0 Å². The Labute approximate surface area is 134 Å². The van der Waals surface area contributed by atoms with E-state index in [4.69, 9.17) is 33.0 Å². The summed E-state index contributed by atoms with van der Waals surface area (Å²) >= 11 is 12.2. The minimum Gasteiger partial charge on any atom is -0.381 e. The molecule has 0 radical (unpaired) electrons. The van der Waals surface area contributed by atoms with E-state index in [1.807, 2.05) is 23.7 Å². The fourth-order valence-corrected chi connectivity index (χ4v) is 3.12. The molecule has 1 aliphatic rings. The number of fused-ring (bicyclic) bond motifs is 1. The number of benzene rings is 1. The van der Waals surface area contributed by atoms with Crippen molar-refractivity contribution in [2.45, 2.75) is 19.8 Å². The van der Waals surface area contributed by atoms with E-state index in [1.165, 1.54) is 5.56 Å². The lowest BCUT2D eigenvalue weighted by atomic mass is 10.1. The molecule has 0 amide bonds. The summed E-state index contributed by atoms with van der Waals surface area (Å²) in [6.07, 6.45) is 1.81. The molecule has 2 heterocycles. The van der Waals surface area contributed by atoms with E-state index in [-0.39, 0.29) is 0 Å². The zero-order chi connectivity index (χ0) is 14.8. The van der Waals surface area contributed by atoms with E-state index in [1.54, 1.807) is 6.07 Å². The summed E-state index contributed by atoms with van der Waals surface area (Å²) in [7, 11) is 0. The fraction of sp³-hybridized carbons (Fsp3) is 0.400. The Hall–Kier alpha value is -1.23. The van der Waals surface area contributed by atoms with Crippen LogP contribution in [0.15, 0.2) is 18.2 Å². The van der Waals surface area contributed by atoms with Gasteiger partial charge in [0.1, 0.15) is 5.82 Å². The molecular weight excluding hydrogens is 309 g/mol. The normalized spacial score (nSPS) is 13.3. The van der Waals surface area contributed by atoms with Crippen molar-refractivity contribution >= 4 is 29.0 Å². The van der Waals surface area contributed by atoms with Crippen LogP contribution in [-0.2, 0) is 17.6 Å². The van der Waals surface area contributed by atoms with Gasteiger partial charge in [-0.05, 0) is 31.5 Å². The number of aromatic nitrogens is 2. The topological polar surface area (TPSA) is 39.1 Å². The lowest BCUT2D eigenvalue weighted by Crippen LogP contribution is -2.06. The Balaban J connectivity index is 1.97. The van der Waals surface area contributed by atoms with Gasteiger partial charge in [-0.15, -0.1) is 0 Å². The van der Waals surface area contributed by atoms with Crippen molar-refractivity contribution in [3.63, 3.8) is 0 Å². The minimum absolute atomic E-state index is 0.607. The van der Waals surface area contributed by atoms with Crippen LogP contribution in [0.25, 0.3) is 5.69 Å². The quantitative estimate of drug-likeness (QED) is 0.851. The molecule has 0 unspecified atom stereocenters. The minimum atomic E-state index is 0.607. The third-order valence-electron chi connectivity index (χ3n) is 3.51. The van der Waals surface area contributed by atoms with Gasteiger partial charge >= 0.3 is 0 Å². The smallest absolute Gasteiger partial charge is 0.133 e. The first-order valence-electron chi connectivity index (χ1n) is 7.08. The van der Waals surface area contributed by atoms with Crippen molar-refractivity contribution in [1.29, 1.82) is 0 Å². The summed E-state index contributed by atoms with van der Waals surface area (Å²) in [5.41, 5.74) is 3.23. The van der Waals surface area contributed by atoms with Crippen molar-refractivity contribution in [3.05, 3.63) is 39.5 Å². The third kappa shape index (κ3) is 3.03. The highest BCUT2D eigenvalue weighted by atomic mass is 35.5. The summed E-state index contributed by atoms with van der Waals surface area (Å²) in [6, 6.07) is 5.46. The van der Waals surface area contributed by atoms with Crippen molar-refractivity contribution < 1.29 is 4.74 Å². The van der Waals surface area contributed by atoms with Crippen LogP contribution in [0.4, 0.5) is 5.82 Å². The molecule has 2 aromatic rings. The number of nitrogens with one attached hydrogen (secondary N) is 1. The number of ether oxygens (including phenoxy) is 1. The van der Waals surface area contributed by atoms with Crippen molar-refractivity contribution in [1.82, 2.24) is 9.78 Å². The predicted octanol–water partition coefficient (Wildman–Crippen LogP) is 3.73. The van der Waals surface area contributed by atoms with E-state index < -0.39 is 0 Å². The second kappa shape index (κ2) is 6.26. The molecule has 1 N–H and O–H groups in total. The highest BCUT2D eigenvalue weighted by molar-refractivity contribution is 6.34. The second-order valence-electron chi connectivity index (χ2n) is 4.94. The fourth-order valence-electron chi connectivity index (χ4n) is 2.61. The zero-order valence-electron chi connectivity index (χ0n) is 11.8. The van der Waals surface area contributed by atoms with Gasteiger partial charge in [-0.2, -0.15) is 5.10 Å². The molecule has 6 heteroatoms. The maximum atomic E-state index is 6.09. The Morgan fingerprint density at radius 2 is 2.05 bits per heavy atom. The van der Waals surface area contributed by atoms with E-state index >= 15 is 0 Å². The van der Waals surface area contributed by atoms with Crippen molar-refractivity contribution in [2.75, 3.05) is 25.1 Å². The van der Waals surface area contributed by atoms with E-state index in [0.717, 1.165) is 43.2 Å². The average Bonchev–Trinajstić information content (AvgIpc) is 3.01. The van der Waals surface area contributed by atoms with Gasteiger partial charge in [-0.1, -0.05) is 23.2 Å². The van der Waals surface area contributed by atoms with Crippen molar-refractivity contribution in [2.24, 2.45) is 0 Å². The predicted molar refractivity (Wildman–Crippen MR) is 86.0 cm³/mol. The standard InChI is InChI=1S/C15H17Cl2N3O/c1-2-21-6-4-14-13-3-5-18-15(13)20(19-14)12-8-10(16)7-11(17)9-12/h7-9,18H,2-6H2,1H3. The highest BCUT2D eigenvalue weighted by Crippen LogP contribution is 2.31.